The van der Waals surface area contributed by atoms with Crippen LogP contribution in [0.2, 0.25) is 0 Å². The largest absolute Gasteiger partial charge is 0.461 e. The minimum absolute atomic E-state index is 0.0332. The number of nitrogens with zero attached hydrogens (tertiary/aromatic N) is 8. The fourth-order valence-corrected chi connectivity index (χ4v) is 8.87. The van der Waals surface area contributed by atoms with Gasteiger partial charge >= 0.3 is 12.2 Å². The lowest BCUT2D eigenvalue weighted by Crippen LogP contribution is -2.43. The van der Waals surface area contributed by atoms with E-state index < -0.39 is 46.2 Å². The maximum atomic E-state index is 17.2. The van der Waals surface area contributed by atoms with Crippen LogP contribution in [0, 0.1) is 23.0 Å². The first-order valence-corrected chi connectivity index (χ1v) is 17.6. The zero-order valence-corrected chi connectivity index (χ0v) is 29.2. The topological polar surface area (TPSA) is 129 Å². The van der Waals surface area contributed by atoms with Crippen molar-refractivity contribution in [2.45, 2.75) is 50.2 Å². The van der Waals surface area contributed by atoms with Crippen molar-refractivity contribution in [1.82, 2.24) is 29.5 Å². The number of hydrogen-bond acceptors (Lipinski definition) is 10. The van der Waals surface area contributed by atoms with Gasteiger partial charge in [0.25, 0.3) is 5.91 Å². The molecule has 0 saturated carbocycles. The standard InChI is InChI=1S/C35H31F6N9O2S/c1-47(2)32(51)24-10-18-15-48(8-9-50(18)46-24)31-20-11-22(35(39,40)41)26(19-4-5-23(37)29-25(19)21(13-42)30(43)53-29)27(38)28(20)44-33(45-31)52-16-34-6-3-7-49(34)14-17(36)12-34/h4-5,10-11,17H,3,6-9,12,14-16,43H2,1-2H3. The quantitative estimate of drug-likeness (QED) is 0.204. The Labute approximate surface area is 302 Å². The number of nitrogens with two attached hydrogens (primary N) is 1. The molecule has 18 heteroatoms. The number of halogens is 6. The average Bonchev–Trinajstić information content (AvgIpc) is 3.87. The molecule has 5 aromatic rings. The molecular weight excluding hydrogens is 725 g/mol. The summed E-state index contributed by atoms with van der Waals surface area (Å²) in [4.78, 5) is 26.5. The van der Waals surface area contributed by atoms with Crippen LogP contribution < -0.4 is 15.4 Å². The smallest absolute Gasteiger partial charge is 0.417 e. The highest BCUT2D eigenvalue weighted by molar-refractivity contribution is 7.23. The van der Waals surface area contributed by atoms with E-state index in [2.05, 4.69) is 15.1 Å². The maximum absolute atomic E-state index is 17.2. The molecule has 2 aromatic carbocycles. The fraction of sp³-hybridized carbons (Fsp3) is 0.400. The van der Waals surface area contributed by atoms with Gasteiger partial charge in [0.2, 0.25) is 0 Å². The molecule has 8 rings (SSSR count). The molecule has 2 fully saturated rings. The van der Waals surface area contributed by atoms with Crippen molar-refractivity contribution in [2.75, 3.05) is 51.0 Å². The van der Waals surface area contributed by atoms with Crippen LogP contribution in [0.5, 0.6) is 6.01 Å². The van der Waals surface area contributed by atoms with Gasteiger partial charge in [-0.1, -0.05) is 6.07 Å². The van der Waals surface area contributed by atoms with Gasteiger partial charge in [0.05, 0.1) is 40.1 Å². The maximum Gasteiger partial charge on any atom is 0.417 e. The monoisotopic (exact) mass is 755 g/mol. The molecule has 0 bridgehead atoms. The molecule has 3 aliphatic rings. The third kappa shape index (κ3) is 5.68. The number of aromatic nitrogens is 4. The van der Waals surface area contributed by atoms with Gasteiger partial charge in [-0.3, -0.25) is 14.4 Å². The van der Waals surface area contributed by atoms with Crippen LogP contribution in [0.25, 0.3) is 32.1 Å². The molecule has 3 aromatic heterocycles. The lowest BCUT2D eigenvalue weighted by atomic mass is 9.92. The summed E-state index contributed by atoms with van der Waals surface area (Å²) in [5.74, 6) is -2.63. The highest BCUT2D eigenvalue weighted by atomic mass is 32.1. The van der Waals surface area contributed by atoms with Gasteiger partial charge in [-0.25, -0.2) is 13.2 Å². The zero-order valence-electron chi connectivity index (χ0n) is 28.4. The van der Waals surface area contributed by atoms with E-state index in [1.807, 2.05) is 11.0 Å². The summed E-state index contributed by atoms with van der Waals surface area (Å²) in [5.41, 5.74) is 2.56. The van der Waals surface area contributed by atoms with Gasteiger partial charge in [-0.2, -0.15) is 33.5 Å². The minimum atomic E-state index is -5.13. The van der Waals surface area contributed by atoms with Crippen molar-refractivity contribution in [3.8, 4) is 23.2 Å². The zero-order chi connectivity index (χ0) is 37.6. The number of amides is 1. The Hall–Kier alpha value is -5.15. The van der Waals surface area contributed by atoms with E-state index in [0.717, 1.165) is 24.6 Å². The number of thiophene rings is 1. The minimum Gasteiger partial charge on any atom is -0.461 e. The Morgan fingerprint density at radius 3 is 2.72 bits per heavy atom. The number of rotatable bonds is 6. The Morgan fingerprint density at radius 2 is 1.98 bits per heavy atom. The normalized spacial score (nSPS) is 20.2. The Balaban J connectivity index is 1.32. The third-order valence-corrected chi connectivity index (χ3v) is 11.4. The van der Waals surface area contributed by atoms with E-state index in [9.17, 15) is 18.8 Å². The molecule has 11 nitrogen and oxygen atoms in total. The number of ether oxygens (including phenoxy) is 1. The molecule has 53 heavy (non-hydrogen) atoms. The fourth-order valence-electron chi connectivity index (χ4n) is 7.92. The molecule has 0 radical (unpaired) electrons. The molecule has 2 atom stereocenters. The molecule has 2 N–H and O–H groups in total. The summed E-state index contributed by atoms with van der Waals surface area (Å²) in [6.07, 6.45) is -4.51. The number of nitriles is 1. The SMILES string of the molecule is CN(C)C(=O)c1cc2n(n1)CCN(c1nc(OCC34CCCN3CC(F)C4)nc3c(F)c(-c4ccc(F)c5sc(N)c(C#N)c45)c(C(F)(F)F)cc13)C2. The lowest BCUT2D eigenvalue weighted by Gasteiger charge is -2.32. The van der Waals surface area contributed by atoms with Crippen molar-refractivity contribution < 1.29 is 35.9 Å². The van der Waals surface area contributed by atoms with Crippen LogP contribution in [0.1, 0.15) is 46.6 Å². The second kappa shape index (κ2) is 12.5. The molecule has 1 amide bonds. The van der Waals surface area contributed by atoms with Crippen molar-refractivity contribution in [1.29, 1.82) is 5.26 Å². The van der Waals surface area contributed by atoms with Crippen LogP contribution in [0.4, 0.5) is 37.2 Å². The summed E-state index contributed by atoms with van der Waals surface area (Å²) in [6.45, 7) is 1.33. The predicted molar refractivity (Wildman–Crippen MR) is 184 cm³/mol. The predicted octanol–water partition coefficient (Wildman–Crippen LogP) is 6.14. The molecule has 2 unspecified atom stereocenters. The molecule has 6 heterocycles. The van der Waals surface area contributed by atoms with Gasteiger partial charge in [0.15, 0.2) is 11.5 Å². The van der Waals surface area contributed by atoms with E-state index in [0.29, 0.717) is 30.0 Å². The van der Waals surface area contributed by atoms with Crippen LogP contribution in [-0.4, -0.2) is 87.5 Å². The van der Waals surface area contributed by atoms with Gasteiger partial charge in [-0.15, -0.1) is 11.3 Å². The van der Waals surface area contributed by atoms with Crippen LogP contribution in [0.15, 0.2) is 24.3 Å². The number of nitrogen functional groups attached to an aromatic ring is 1. The van der Waals surface area contributed by atoms with Crippen LogP contribution in [-0.2, 0) is 19.3 Å². The third-order valence-electron chi connectivity index (χ3n) is 10.3. The second-order valence-electron chi connectivity index (χ2n) is 13.8. The van der Waals surface area contributed by atoms with Gasteiger partial charge < -0.3 is 20.3 Å². The first-order chi connectivity index (χ1) is 25.2. The molecule has 0 aliphatic carbocycles. The molecule has 0 spiro atoms. The van der Waals surface area contributed by atoms with Crippen LogP contribution in [0.3, 0.4) is 0 Å². The van der Waals surface area contributed by atoms with E-state index in [4.69, 9.17) is 10.5 Å². The van der Waals surface area contributed by atoms with E-state index in [-0.39, 0.29) is 94.2 Å². The second-order valence-corrected chi connectivity index (χ2v) is 14.9. The number of anilines is 2. The van der Waals surface area contributed by atoms with Gasteiger partial charge in [-0.05, 0) is 43.1 Å². The van der Waals surface area contributed by atoms with Crippen molar-refractivity contribution in [2.24, 2.45) is 0 Å². The van der Waals surface area contributed by atoms with E-state index >= 15 is 17.6 Å². The molecule has 276 valence electrons. The summed E-state index contributed by atoms with van der Waals surface area (Å²) >= 11 is 0.673. The van der Waals surface area contributed by atoms with Gasteiger partial charge in [0.1, 0.15) is 41.0 Å². The first-order valence-electron chi connectivity index (χ1n) is 16.8. The number of alkyl halides is 4. The highest BCUT2D eigenvalue weighted by Gasteiger charge is 2.49. The molecule has 2 saturated heterocycles. The summed E-state index contributed by atoms with van der Waals surface area (Å²) in [6, 6.07) is 5.71. The van der Waals surface area contributed by atoms with Gasteiger partial charge in [0, 0.05) is 49.9 Å². The highest BCUT2D eigenvalue weighted by Crippen LogP contribution is 2.48. The Bertz CT molecular complexity index is 2370. The van der Waals surface area contributed by atoms with Crippen molar-refractivity contribution in [3.63, 3.8) is 0 Å². The van der Waals surface area contributed by atoms with Crippen molar-refractivity contribution >= 4 is 49.1 Å². The number of benzene rings is 2. The number of fused-ring (bicyclic) bond motifs is 4. The Morgan fingerprint density at radius 1 is 1.19 bits per heavy atom. The first kappa shape index (κ1) is 34.9. The number of carbonyl (C=O) groups is 1. The number of hydrogen-bond donors (Lipinski definition) is 1. The van der Waals surface area contributed by atoms with E-state index in [1.54, 1.807) is 29.7 Å². The summed E-state index contributed by atoms with van der Waals surface area (Å²) < 4.78 is 99.4. The molecule has 3 aliphatic heterocycles. The number of carbonyl (C=O) groups excluding carboxylic acids is 1. The van der Waals surface area contributed by atoms with Crippen LogP contribution >= 0.6 is 11.3 Å². The Kier molecular flexibility index (Phi) is 8.22. The summed E-state index contributed by atoms with van der Waals surface area (Å²) in [5, 5.41) is 13.6. The van der Waals surface area contributed by atoms with E-state index in [1.165, 1.54) is 4.90 Å². The summed E-state index contributed by atoms with van der Waals surface area (Å²) in [7, 11) is 3.16. The molecular formula is C35H31F6N9O2S. The van der Waals surface area contributed by atoms with Crippen molar-refractivity contribution in [3.05, 3.63) is 58.4 Å². The average molecular weight is 756 g/mol. The lowest BCUT2D eigenvalue weighted by molar-refractivity contribution is -0.137.